The maximum Gasteiger partial charge on any atom is 0.0897 e. The van der Waals surface area contributed by atoms with Crippen LogP contribution in [0.25, 0.3) is 0 Å². The Hall–Kier alpha value is -0.450. The van der Waals surface area contributed by atoms with Gasteiger partial charge in [0.1, 0.15) is 0 Å². The Morgan fingerprint density at radius 1 is 1.70 bits per heavy atom. The van der Waals surface area contributed by atoms with Crippen molar-refractivity contribution in [2.24, 2.45) is 0 Å². The fourth-order valence-electron chi connectivity index (χ4n) is 0.614. The quantitative estimate of drug-likeness (QED) is 0.717. The lowest BCUT2D eigenvalue weighted by Crippen LogP contribution is -1.79. The number of aromatic nitrogens is 1. The number of nitrogens with zero attached hydrogens (tertiary/aromatic N) is 1. The van der Waals surface area contributed by atoms with Gasteiger partial charge in [-0.3, -0.25) is 0 Å². The molecule has 0 aliphatic carbocycles. The maximum atomic E-state index is 4.91. The topological polar surface area (TPSA) is 57.1 Å². The highest BCUT2D eigenvalue weighted by Crippen LogP contribution is 2.11. The fourth-order valence-corrected chi connectivity index (χ4v) is 1.38. The molecule has 0 aliphatic rings. The first-order chi connectivity index (χ1) is 4.33. The van der Waals surface area contributed by atoms with Gasteiger partial charge in [-0.05, 0) is 6.92 Å². The molecule has 1 heterocycles. The predicted molar refractivity (Wildman–Crippen MR) is 42.6 cm³/mol. The SMILES string of the molecule is COCc1cnc(C)s1.N. The summed E-state index contributed by atoms with van der Waals surface area (Å²) in [7, 11) is 1.69. The first-order valence-corrected chi connectivity index (χ1v) is 3.55. The molecule has 0 fully saturated rings. The molecule has 1 aromatic rings. The van der Waals surface area contributed by atoms with Crippen LogP contribution in [-0.4, -0.2) is 12.1 Å². The second-order valence-electron chi connectivity index (χ2n) is 1.78. The van der Waals surface area contributed by atoms with E-state index in [-0.39, 0.29) is 6.15 Å². The van der Waals surface area contributed by atoms with E-state index < -0.39 is 0 Å². The van der Waals surface area contributed by atoms with E-state index >= 15 is 0 Å². The van der Waals surface area contributed by atoms with Gasteiger partial charge < -0.3 is 10.9 Å². The molecular weight excluding hydrogens is 148 g/mol. The maximum absolute atomic E-state index is 4.91. The second kappa shape index (κ2) is 4.38. The molecule has 58 valence electrons. The molecule has 0 atom stereocenters. The third kappa shape index (κ3) is 2.43. The van der Waals surface area contributed by atoms with E-state index in [0.29, 0.717) is 6.61 Å². The highest BCUT2D eigenvalue weighted by atomic mass is 32.1. The molecule has 0 unspecified atom stereocenters. The minimum atomic E-state index is 0. The van der Waals surface area contributed by atoms with Crippen LogP contribution < -0.4 is 6.15 Å². The van der Waals surface area contributed by atoms with Crippen molar-refractivity contribution >= 4 is 11.3 Å². The summed E-state index contributed by atoms with van der Waals surface area (Å²) < 4.78 is 4.91. The number of hydrogen-bond acceptors (Lipinski definition) is 4. The molecule has 1 rings (SSSR count). The van der Waals surface area contributed by atoms with Gasteiger partial charge >= 0.3 is 0 Å². The van der Waals surface area contributed by atoms with Crippen molar-refractivity contribution in [3.05, 3.63) is 16.1 Å². The van der Waals surface area contributed by atoms with Gasteiger partial charge in [-0.15, -0.1) is 11.3 Å². The van der Waals surface area contributed by atoms with Crippen LogP contribution in [-0.2, 0) is 11.3 Å². The van der Waals surface area contributed by atoms with Gasteiger partial charge in [0.25, 0.3) is 0 Å². The first kappa shape index (κ1) is 9.55. The molecule has 0 aromatic carbocycles. The number of thiazole rings is 1. The zero-order valence-corrected chi connectivity index (χ0v) is 7.07. The van der Waals surface area contributed by atoms with Crippen LogP contribution in [0.4, 0.5) is 0 Å². The van der Waals surface area contributed by atoms with E-state index in [4.69, 9.17) is 4.74 Å². The normalized spacial score (nSPS) is 9.00. The van der Waals surface area contributed by atoms with E-state index in [9.17, 15) is 0 Å². The Bertz CT molecular complexity index is 188. The van der Waals surface area contributed by atoms with Gasteiger partial charge in [0, 0.05) is 13.3 Å². The number of ether oxygens (including phenoxy) is 1. The first-order valence-electron chi connectivity index (χ1n) is 2.73. The molecule has 0 radical (unpaired) electrons. The van der Waals surface area contributed by atoms with E-state index in [0.717, 1.165) is 5.01 Å². The van der Waals surface area contributed by atoms with Gasteiger partial charge in [0.05, 0.1) is 16.5 Å². The average molecular weight is 160 g/mol. The van der Waals surface area contributed by atoms with Crippen LogP contribution in [0.1, 0.15) is 9.88 Å². The molecule has 3 nitrogen and oxygen atoms in total. The van der Waals surface area contributed by atoms with Gasteiger partial charge in [-0.25, -0.2) is 4.98 Å². The predicted octanol–water partition coefficient (Wildman–Crippen LogP) is 1.76. The van der Waals surface area contributed by atoms with Crippen LogP contribution in [0.5, 0.6) is 0 Å². The molecule has 10 heavy (non-hydrogen) atoms. The average Bonchev–Trinajstić information content (AvgIpc) is 2.17. The molecule has 0 saturated carbocycles. The van der Waals surface area contributed by atoms with Crippen molar-refractivity contribution < 1.29 is 4.74 Å². The summed E-state index contributed by atoms with van der Waals surface area (Å²) in [4.78, 5) is 5.26. The Morgan fingerprint density at radius 3 is 2.80 bits per heavy atom. The number of rotatable bonds is 2. The monoisotopic (exact) mass is 160 g/mol. The Labute approximate surface area is 64.6 Å². The van der Waals surface area contributed by atoms with Crippen molar-refractivity contribution in [3.8, 4) is 0 Å². The summed E-state index contributed by atoms with van der Waals surface area (Å²) in [6.45, 7) is 2.68. The van der Waals surface area contributed by atoms with Crippen LogP contribution >= 0.6 is 11.3 Å². The molecule has 0 amide bonds. The van der Waals surface area contributed by atoms with Crippen molar-refractivity contribution in [1.29, 1.82) is 0 Å². The Balaban J connectivity index is 0.000000810. The second-order valence-corrected chi connectivity index (χ2v) is 3.10. The summed E-state index contributed by atoms with van der Waals surface area (Å²) in [5.74, 6) is 0. The lowest BCUT2D eigenvalue weighted by Gasteiger charge is -1.88. The lowest BCUT2D eigenvalue weighted by atomic mass is 10.6. The number of aryl methyl sites for hydroxylation is 1. The number of methoxy groups -OCH3 is 1. The lowest BCUT2D eigenvalue weighted by molar-refractivity contribution is 0.187. The molecule has 3 N–H and O–H groups in total. The van der Waals surface area contributed by atoms with Crippen molar-refractivity contribution in [1.82, 2.24) is 11.1 Å². The molecule has 0 bridgehead atoms. The molecule has 0 saturated heterocycles. The van der Waals surface area contributed by atoms with Crippen LogP contribution in [0, 0.1) is 6.92 Å². The van der Waals surface area contributed by atoms with Crippen molar-refractivity contribution in [2.75, 3.05) is 7.11 Å². The zero-order chi connectivity index (χ0) is 6.69. The van der Waals surface area contributed by atoms with E-state index in [2.05, 4.69) is 4.98 Å². The van der Waals surface area contributed by atoms with Crippen molar-refractivity contribution in [2.45, 2.75) is 13.5 Å². The summed E-state index contributed by atoms with van der Waals surface area (Å²) in [5.41, 5.74) is 0. The minimum Gasteiger partial charge on any atom is -0.379 e. The standard InChI is InChI=1S/C6H9NOS.H3N/c1-5-7-3-6(9-5)4-8-2;/h3H,4H2,1-2H3;1H3. The van der Waals surface area contributed by atoms with Crippen LogP contribution in [0.2, 0.25) is 0 Å². The highest BCUT2D eigenvalue weighted by molar-refractivity contribution is 7.11. The molecule has 4 heteroatoms. The molecule has 0 aliphatic heterocycles. The fraction of sp³-hybridized carbons (Fsp3) is 0.500. The molecule has 0 spiro atoms. The van der Waals surface area contributed by atoms with Crippen LogP contribution in [0.3, 0.4) is 0 Å². The van der Waals surface area contributed by atoms with Gasteiger partial charge in [-0.2, -0.15) is 0 Å². The summed E-state index contributed by atoms with van der Waals surface area (Å²) in [6.07, 6.45) is 1.85. The zero-order valence-electron chi connectivity index (χ0n) is 6.26. The van der Waals surface area contributed by atoms with Crippen LogP contribution in [0.15, 0.2) is 6.20 Å². The summed E-state index contributed by atoms with van der Waals surface area (Å²) >= 11 is 1.68. The van der Waals surface area contributed by atoms with Crippen molar-refractivity contribution in [3.63, 3.8) is 0 Å². The number of hydrogen-bond donors (Lipinski definition) is 1. The summed E-state index contributed by atoms with van der Waals surface area (Å²) in [6, 6.07) is 0. The molecular formula is C6H12N2OS. The largest absolute Gasteiger partial charge is 0.379 e. The molecule has 1 aromatic heterocycles. The Morgan fingerprint density at radius 2 is 2.40 bits per heavy atom. The van der Waals surface area contributed by atoms with Gasteiger partial charge in [0.2, 0.25) is 0 Å². The van der Waals surface area contributed by atoms with E-state index in [1.807, 2.05) is 13.1 Å². The highest BCUT2D eigenvalue weighted by Gasteiger charge is 1.94. The van der Waals surface area contributed by atoms with E-state index in [1.165, 1.54) is 4.88 Å². The van der Waals surface area contributed by atoms with E-state index in [1.54, 1.807) is 18.4 Å². The van der Waals surface area contributed by atoms with Gasteiger partial charge in [-0.1, -0.05) is 0 Å². The minimum absolute atomic E-state index is 0. The smallest absolute Gasteiger partial charge is 0.0897 e. The summed E-state index contributed by atoms with van der Waals surface area (Å²) in [5, 5.41) is 1.10. The van der Waals surface area contributed by atoms with Gasteiger partial charge in [0.15, 0.2) is 0 Å². The Kier molecular flexibility index (Phi) is 4.18. The third-order valence-electron chi connectivity index (χ3n) is 0.956. The third-order valence-corrected chi connectivity index (χ3v) is 1.84.